The molecule has 5 heterocycles. The molecule has 2 aliphatic rings. The van der Waals surface area contributed by atoms with Crippen LogP contribution < -0.4 is 0 Å². The van der Waals surface area contributed by atoms with Crippen molar-refractivity contribution in [3.05, 3.63) is 65.1 Å². The minimum Gasteiger partial charge on any atom is -0.328 e. The second-order valence-corrected chi connectivity index (χ2v) is 8.30. The highest BCUT2D eigenvalue weighted by molar-refractivity contribution is 6.08. The van der Waals surface area contributed by atoms with Crippen LogP contribution in [-0.4, -0.2) is 41.8 Å². The molecule has 2 aliphatic heterocycles. The Balaban J connectivity index is 1.53. The molecule has 1 N–H and O–H groups in total. The zero-order valence-electron chi connectivity index (χ0n) is 17.0. The van der Waals surface area contributed by atoms with Crippen LogP contribution in [0.5, 0.6) is 0 Å². The van der Waals surface area contributed by atoms with Gasteiger partial charge in [-0.3, -0.25) is 14.6 Å². The van der Waals surface area contributed by atoms with E-state index in [4.69, 9.17) is 4.98 Å². The molecule has 2 atom stereocenters. The zero-order chi connectivity index (χ0) is 20.4. The number of amides is 1. The molecule has 7 nitrogen and oxygen atoms in total. The van der Waals surface area contributed by atoms with Gasteiger partial charge < -0.3 is 4.90 Å². The fraction of sp³-hybridized carbons (Fsp3) is 0.304. The topological polar surface area (TPSA) is 79.7 Å². The van der Waals surface area contributed by atoms with Gasteiger partial charge in [-0.05, 0) is 25.8 Å². The molecule has 1 fully saturated rings. The Morgan fingerprint density at radius 1 is 1.20 bits per heavy atom. The highest BCUT2D eigenvalue weighted by Crippen LogP contribution is 2.44. The predicted molar refractivity (Wildman–Crippen MR) is 113 cm³/mol. The molecule has 3 aromatic heterocycles. The first-order chi connectivity index (χ1) is 14.6. The number of hydrogen-bond donors (Lipinski definition) is 1. The Morgan fingerprint density at radius 2 is 2.03 bits per heavy atom. The van der Waals surface area contributed by atoms with Crippen LogP contribution in [0.4, 0.5) is 0 Å². The van der Waals surface area contributed by atoms with Gasteiger partial charge in [0.15, 0.2) is 5.65 Å². The lowest BCUT2D eigenvalue weighted by molar-refractivity contribution is 0.0647. The third-order valence-corrected chi connectivity index (χ3v) is 6.56. The van der Waals surface area contributed by atoms with Crippen LogP contribution in [-0.2, 0) is 13.5 Å². The smallest absolute Gasteiger partial charge is 0.255 e. The average molecular weight is 398 g/mol. The summed E-state index contributed by atoms with van der Waals surface area (Å²) in [5.74, 6) is 0.0648. The molecule has 150 valence electrons. The third-order valence-electron chi connectivity index (χ3n) is 6.56. The van der Waals surface area contributed by atoms with Gasteiger partial charge in [0.1, 0.15) is 0 Å². The molecule has 2 unspecified atom stereocenters. The van der Waals surface area contributed by atoms with E-state index in [1.807, 2.05) is 56.6 Å². The van der Waals surface area contributed by atoms with Crippen LogP contribution in [0.25, 0.3) is 22.3 Å². The zero-order valence-corrected chi connectivity index (χ0v) is 17.0. The minimum atomic E-state index is 0.0648. The lowest BCUT2D eigenvalue weighted by Crippen LogP contribution is -2.41. The Bertz CT molecular complexity index is 1290. The molecule has 7 heteroatoms. The van der Waals surface area contributed by atoms with Crippen molar-refractivity contribution < 1.29 is 4.79 Å². The highest BCUT2D eigenvalue weighted by Gasteiger charge is 2.44. The maximum absolute atomic E-state index is 14.0. The lowest BCUT2D eigenvalue weighted by atomic mass is 9.97. The summed E-state index contributed by atoms with van der Waals surface area (Å²) in [6.07, 6.45) is 4.72. The summed E-state index contributed by atoms with van der Waals surface area (Å²) in [7, 11) is 1.88. The van der Waals surface area contributed by atoms with Gasteiger partial charge in [-0.25, -0.2) is 4.98 Å². The summed E-state index contributed by atoms with van der Waals surface area (Å²) in [5, 5.41) is 12.8. The first-order valence-electron chi connectivity index (χ1n) is 10.4. The number of carbonyl (C=O) groups is 1. The third kappa shape index (κ3) is 2.38. The standard InChI is InChI=1S/C23H22N6O/c1-13-21-16(11-18(14-6-4-3-5-7-14)25-22(21)28(2)27-13)23(30)29-15-8-9-20(29)17-12-24-26-19(17)10-15/h3-7,11-12,15,20H,8-10H2,1-2H3,(H,24,26). The van der Waals surface area contributed by atoms with E-state index in [0.717, 1.165) is 52.8 Å². The number of aromatic amines is 1. The van der Waals surface area contributed by atoms with Crippen LogP contribution in [0.1, 0.15) is 46.2 Å². The molecule has 6 rings (SSSR count). The van der Waals surface area contributed by atoms with Gasteiger partial charge in [0.25, 0.3) is 5.91 Å². The number of fused-ring (bicyclic) bond motifs is 5. The van der Waals surface area contributed by atoms with Gasteiger partial charge in [0.05, 0.1) is 34.6 Å². The molecule has 0 radical (unpaired) electrons. The van der Waals surface area contributed by atoms with E-state index < -0.39 is 0 Å². The van der Waals surface area contributed by atoms with Crippen LogP contribution in [0.2, 0.25) is 0 Å². The van der Waals surface area contributed by atoms with Crippen LogP contribution in [0.3, 0.4) is 0 Å². The summed E-state index contributed by atoms with van der Waals surface area (Å²) in [4.78, 5) is 20.9. The van der Waals surface area contributed by atoms with Crippen LogP contribution in [0, 0.1) is 6.92 Å². The van der Waals surface area contributed by atoms with E-state index in [0.29, 0.717) is 5.56 Å². The second kappa shape index (κ2) is 6.26. The largest absolute Gasteiger partial charge is 0.328 e. The maximum atomic E-state index is 14.0. The Morgan fingerprint density at radius 3 is 2.87 bits per heavy atom. The molecule has 30 heavy (non-hydrogen) atoms. The number of rotatable bonds is 2. The summed E-state index contributed by atoms with van der Waals surface area (Å²) >= 11 is 0. The van der Waals surface area contributed by atoms with Gasteiger partial charge >= 0.3 is 0 Å². The number of carbonyl (C=O) groups excluding carboxylic acids is 1. The molecule has 1 aromatic carbocycles. The second-order valence-electron chi connectivity index (χ2n) is 8.30. The minimum absolute atomic E-state index is 0.0648. The van der Waals surface area contributed by atoms with Crippen molar-refractivity contribution in [2.24, 2.45) is 7.05 Å². The Hall–Kier alpha value is -3.48. The normalized spacial score (nSPS) is 20.0. The molecule has 2 bridgehead atoms. The monoisotopic (exact) mass is 398 g/mol. The molecule has 0 aliphatic carbocycles. The van der Waals surface area contributed by atoms with E-state index in [2.05, 4.69) is 20.2 Å². The van der Waals surface area contributed by atoms with E-state index >= 15 is 0 Å². The number of pyridine rings is 1. The van der Waals surface area contributed by atoms with Crippen molar-refractivity contribution in [1.29, 1.82) is 0 Å². The predicted octanol–water partition coefficient (Wildman–Crippen LogP) is 3.57. The van der Waals surface area contributed by atoms with Crippen molar-refractivity contribution in [2.45, 2.75) is 38.3 Å². The number of nitrogens with zero attached hydrogens (tertiary/aromatic N) is 5. The Kier molecular flexibility index (Phi) is 3.63. The first kappa shape index (κ1) is 17.4. The number of aromatic nitrogens is 5. The average Bonchev–Trinajstić information content (AvgIpc) is 3.44. The molecular weight excluding hydrogens is 376 g/mol. The van der Waals surface area contributed by atoms with E-state index in [1.54, 1.807) is 4.68 Å². The van der Waals surface area contributed by atoms with Gasteiger partial charge in [-0.2, -0.15) is 10.2 Å². The van der Waals surface area contributed by atoms with Gasteiger partial charge in [-0.1, -0.05) is 30.3 Å². The highest BCUT2D eigenvalue weighted by atomic mass is 16.2. The number of H-pyrrole nitrogens is 1. The maximum Gasteiger partial charge on any atom is 0.255 e. The van der Waals surface area contributed by atoms with Gasteiger partial charge in [-0.15, -0.1) is 0 Å². The molecule has 1 amide bonds. The van der Waals surface area contributed by atoms with E-state index in [1.165, 1.54) is 5.69 Å². The fourth-order valence-corrected chi connectivity index (χ4v) is 5.21. The lowest BCUT2D eigenvalue weighted by Gasteiger charge is -2.34. The van der Waals surface area contributed by atoms with E-state index in [9.17, 15) is 4.79 Å². The summed E-state index contributed by atoms with van der Waals surface area (Å²) in [5.41, 5.74) is 6.38. The van der Waals surface area contributed by atoms with Gasteiger partial charge in [0.2, 0.25) is 0 Å². The number of aryl methyl sites for hydroxylation is 2. The van der Waals surface area contributed by atoms with Crippen LogP contribution in [0.15, 0.2) is 42.6 Å². The molecular formula is C23H22N6O. The van der Waals surface area contributed by atoms with Crippen molar-refractivity contribution in [3.63, 3.8) is 0 Å². The SMILES string of the molecule is Cc1nn(C)c2nc(-c3ccccc3)cc(C(=O)N3C4CCC3c3cn[nH]c3C4)c12. The van der Waals surface area contributed by atoms with Crippen molar-refractivity contribution >= 4 is 16.9 Å². The van der Waals surface area contributed by atoms with Gasteiger partial charge in [0, 0.05) is 36.3 Å². The van der Waals surface area contributed by atoms with Crippen molar-refractivity contribution in [3.8, 4) is 11.3 Å². The van der Waals surface area contributed by atoms with Crippen LogP contribution >= 0.6 is 0 Å². The summed E-state index contributed by atoms with van der Waals surface area (Å²) in [6.45, 7) is 1.95. The summed E-state index contributed by atoms with van der Waals surface area (Å²) < 4.78 is 1.77. The quantitative estimate of drug-likeness (QED) is 0.560. The molecule has 0 spiro atoms. The molecule has 1 saturated heterocycles. The number of hydrogen-bond acceptors (Lipinski definition) is 4. The first-order valence-corrected chi connectivity index (χ1v) is 10.4. The molecule has 4 aromatic rings. The molecule has 0 saturated carbocycles. The number of benzene rings is 1. The van der Waals surface area contributed by atoms with Crippen molar-refractivity contribution in [1.82, 2.24) is 29.9 Å². The van der Waals surface area contributed by atoms with E-state index in [-0.39, 0.29) is 18.0 Å². The van der Waals surface area contributed by atoms with Crippen molar-refractivity contribution in [2.75, 3.05) is 0 Å². The fourth-order valence-electron chi connectivity index (χ4n) is 5.21. The number of nitrogens with one attached hydrogen (secondary N) is 1. The Labute approximate surface area is 173 Å². The summed E-state index contributed by atoms with van der Waals surface area (Å²) in [6, 6.07) is 12.2.